The number of hydrogen-bond acceptors (Lipinski definition) is 2. The van der Waals surface area contributed by atoms with Crippen molar-refractivity contribution in [3.05, 3.63) is 29.1 Å². The molecule has 5 heteroatoms. The number of hydrogen-bond donors (Lipinski definition) is 1. The highest BCUT2D eigenvalue weighted by Gasteiger charge is 2.29. The van der Waals surface area contributed by atoms with E-state index in [1.165, 1.54) is 21.0 Å². The van der Waals surface area contributed by atoms with Gasteiger partial charge >= 0.3 is 0 Å². The van der Waals surface area contributed by atoms with E-state index in [1.807, 2.05) is 0 Å². The number of rotatable bonds is 2. The molecule has 15 heavy (non-hydrogen) atoms. The van der Waals surface area contributed by atoms with Gasteiger partial charge in [0.2, 0.25) is 0 Å². The third-order valence-corrected chi connectivity index (χ3v) is 1.98. The van der Waals surface area contributed by atoms with E-state index < -0.39 is 23.0 Å². The predicted octanol–water partition coefficient (Wildman–Crippen LogP) is 2.31. The molecule has 0 saturated carbocycles. The third kappa shape index (κ3) is 2.07. The smallest absolute Gasteiger partial charge is 0.168 e. The zero-order chi connectivity index (χ0) is 11.8. The van der Waals surface area contributed by atoms with Crippen LogP contribution >= 0.6 is 0 Å². The third-order valence-electron chi connectivity index (χ3n) is 1.98. The van der Waals surface area contributed by atoms with Crippen LogP contribution < -0.4 is 10.5 Å². The molecule has 0 fully saturated rings. The summed E-state index contributed by atoms with van der Waals surface area (Å²) >= 11 is 0. The first-order valence-corrected chi connectivity index (χ1v) is 4.30. The van der Waals surface area contributed by atoms with Crippen molar-refractivity contribution in [2.75, 3.05) is 7.11 Å². The van der Waals surface area contributed by atoms with Crippen molar-refractivity contribution in [1.29, 1.82) is 0 Å². The first kappa shape index (κ1) is 11.8. The lowest BCUT2D eigenvalue weighted by Gasteiger charge is -2.23. The summed E-state index contributed by atoms with van der Waals surface area (Å²) in [4.78, 5) is 0. The second-order valence-corrected chi connectivity index (χ2v) is 3.78. The largest absolute Gasteiger partial charge is 0.493 e. The van der Waals surface area contributed by atoms with E-state index in [-0.39, 0.29) is 11.3 Å². The van der Waals surface area contributed by atoms with Gasteiger partial charge in [-0.05, 0) is 13.8 Å². The Morgan fingerprint density at radius 2 is 1.73 bits per heavy atom. The zero-order valence-corrected chi connectivity index (χ0v) is 8.70. The molecule has 0 spiro atoms. The summed E-state index contributed by atoms with van der Waals surface area (Å²) in [6, 6.07) is 0.434. The van der Waals surface area contributed by atoms with Crippen LogP contribution in [-0.2, 0) is 5.54 Å². The summed E-state index contributed by atoms with van der Waals surface area (Å²) < 4.78 is 44.3. The number of benzene rings is 1. The fraction of sp³-hybridized carbons (Fsp3) is 0.400. The minimum Gasteiger partial charge on any atom is -0.493 e. The molecule has 0 amide bonds. The quantitative estimate of drug-likeness (QED) is 0.774. The Kier molecular flexibility index (Phi) is 2.95. The van der Waals surface area contributed by atoms with Crippen molar-refractivity contribution < 1.29 is 17.9 Å². The lowest BCUT2D eigenvalue weighted by atomic mass is 9.93. The Morgan fingerprint density at radius 3 is 2.13 bits per heavy atom. The molecule has 0 bridgehead atoms. The van der Waals surface area contributed by atoms with E-state index in [0.717, 1.165) is 0 Å². The number of halogens is 3. The van der Waals surface area contributed by atoms with E-state index in [0.29, 0.717) is 6.07 Å². The van der Waals surface area contributed by atoms with E-state index in [2.05, 4.69) is 4.74 Å². The molecule has 1 aromatic carbocycles. The maximum absolute atomic E-state index is 13.4. The van der Waals surface area contributed by atoms with Crippen molar-refractivity contribution >= 4 is 0 Å². The van der Waals surface area contributed by atoms with E-state index in [4.69, 9.17) is 5.73 Å². The number of methoxy groups -OCH3 is 1. The average Bonchev–Trinajstić information content (AvgIpc) is 2.08. The molecule has 0 unspecified atom stereocenters. The molecule has 84 valence electrons. The summed E-state index contributed by atoms with van der Waals surface area (Å²) in [5.41, 5.74) is 4.09. The first-order chi connectivity index (χ1) is 6.79. The maximum atomic E-state index is 13.4. The van der Waals surface area contributed by atoms with E-state index in [9.17, 15) is 13.2 Å². The van der Waals surface area contributed by atoms with Gasteiger partial charge in [0.05, 0.1) is 12.7 Å². The molecule has 1 aromatic rings. The second-order valence-electron chi connectivity index (χ2n) is 3.78. The number of nitrogens with two attached hydrogens (primary N) is 1. The van der Waals surface area contributed by atoms with Gasteiger partial charge in [0.1, 0.15) is 0 Å². The van der Waals surface area contributed by atoms with Crippen molar-refractivity contribution in [2.45, 2.75) is 19.4 Å². The molecule has 0 atom stereocenters. The zero-order valence-electron chi connectivity index (χ0n) is 8.70. The predicted molar refractivity (Wildman–Crippen MR) is 50.1 cm³/mol. The molecule has 0 aliphatic rings. The van der Waals surface area contributed by atoms with Crippen molar-refractivity contribution in [3.63, 3.8) is 0 Å². The van der Waals surface area contributed by atoms with Crippen LogP contribution in [0.3, 0.4) is 0 Å². The van der Waals surface area contributed by atoms with E-state index in [1.54, 1.807) is 0 Å². The van der Waals surface area contributed by atoms with Crippen LogP contribution in [0.1, 0.15) is 19.4 Å². The van der Waals surface area contributed by atoms with Crippen LogP contribution in [0.15, 0.2) is 6.07 Å². The molecule has 0 aliphatic carbocycles. The molecule has 0 saturated heterocycles. The lowest BCUT2D eigenvalue weighted by molar-refractivity contribution is 0.349. The standard InChI is InChI=1S/C10H12F3NO/c1-10(2,14)7-8(13)5(11)4-6(12)9(7)15-3/h4H,14H2,1-3H3. The SMILES string of the molecule is COc1c(F)cc(F)c(F)c1C(C)(C)N. The van der Waals surface area contributed by atoms with Gasteiger partial charge < -0.3 is 10.5 Å². The summed E-state index contributed by atoms with van der Waals surface area (Å²) in [6.07, 6.45) is 0. The minimum absolute atomic E-state index is 0.303. The molecule has 0 aromatic heterocycles. The van der Waals surface area contributed by atoms with Crippen molar-refractivity contribution in [2.24, 2.45) is 5.73 Å². The van der Waals surface area contributed by atoms with Gasteiger partial charge in [0.15, 0.2) is 23.2 Å². The molecule has 0 aliphatic heterocycles. The van der Waals surface area contributed by atoms with Gasteiger partial charge in [-0.25, -0.2) is 13.2 Å². The highest BCUT2D eigenvalue weighted by Crippen LogP contribution is 2.34. The Labute approximate surface area is 85.8 Å². The van der Waals surface area contributed by atoms with Crippen LogP contribution in [0.4, 0.5) is 13.2 Å². The van der Waals surface area contributed by atoms with Gasteiger partial charge in [-0.2, -0.15) is 0 Å². The topological polar surface area (TPSA) is 35.2 Å². The molecule has 0 heterocycles. The molecule has 1 rings (SSSR count). The molecular formula is C10H12F3NO. The maximum Gasteiger partial charge on any atom is 0.168 e. The van der Waals surface area contributed by atoms with Gasteiger partial charge in [-0.15, -0.1) is 0 Å². The highest BCUT2D eigenvalue weighted by atomic mass is 19.2. The average molecular weight is 219 g/mol. The minimum atomic E-state index is -1.28. The van der Waals surface area contributed by atoms with Crippen LogP contribution in [0, 0.1) is 17.5 Å². The molecule has 2 nitrogen and oxygen atoms in total. The van der Waals surface area contributed by atoms with Gasteiger partial charge in [0.25, 0.3) is 0 Å². The summed E-state index contributed by atoms with van der Waals surface area (Å²) in [5, 5.41) is 0. The van der Waals surface area contributed by atoms with Crippen molar-refractivity contribution in [3.8, 4) is 5.75 Å². The summed E-state index contributed by atoms with van der Waals surface area (Å²) in [5.74, 6) is -3.78. The summed E-state index contributed by atoms with van der Waals surface area (Å²) in [7, 11) is 1.17. The second kappa shape index (κ2) is 3.73. The molecular weight excluding hydrogens is 207 g/mol. The Morgan fingerprint density at radius 1 is 1.20 bits per heavy atom. The Balaban J connectivity index is 3.59. The summed E-state index contributed by atoms with van der Waals surface area (Å²) in [6.45, 7) is 2.87. The van der Waals surface area contributed by atoms with Crippen LogP contribution in [0.2, 0.25) is 0 Å². The normalized spacial score (nSPS) is 11.7. The van der Waals surface area contributed by atoms with Crippen LogP contribution in [0.5, 0.6) is 5.75 Å². The highest BCUT2D eigenvalue weighted by molar-refractivity contribution is 5.41. The van der Waals surface area contributed by atoms with E-state index >= 15 is 0 Å². The Bertz CT molecular complexity index is 385. The lowest BCUT2D eigenvalue weighted by Crippen LogP contribution is -2.31. The molecule has 0 radical (unpaired) electrons. The van der Waals surface area contributed by atoms with Gasteiger partial charge in [-0.3, -0.25) is 0 Å². The van der Waals surface area contributed by atoms with Crippen LogP contribution in [-0.4, -0.2) is 7.11 Å². The monoisotopic (exact) mass is 219 g/mol. The fourth-order valence-corrected chi connectivity index (χ4v) is 1.35. The van der Waals surface area contributed by atoms with Crippen LogP contribution in [0.25, 0.3) is 0 Å². The first-order valence-electron chi connectivity index (χ1n) is 4.30. The fourth-order valence-electron chi connectivity index (χ4n) is 1.35. The Hall–Kier alpha value is -1.23. The number of ether oxygens (including phenoxy) is 1. The molecule has 2 N–H and O–H groups in total. The van der Waals surface area contributed by atoms with Crippen molar-refractivity contribution in [1.82, 2.24) is 0 Å². The van der Waals surface area contributed by atoms with Gasteiger partial charge in [0, 0.05) is 11.6 Å². The van der Waals surface area contributed by atoms with Gasteiger partial charge in [-0.1, -0.05) is 0 Å².